The lowest BCUT2D eigenvalue weighted by Gasteiger charge is -2.45. The molecule has 1 aliphatic rings. The highest BCUT2D eigenvalue weighted by molar-refractivity contribution is 6.05. The number of fused-ring (bicyclic) bond motifs is 3. The number of hydrogen-bond donors (Lipinski definition) is 1. The molecule has 0 radical (unpaired) electrons. The maximum absolute atomic E-state index is 15.9. The number of anilines is 1. The molecule has 1 saturated heterocycles. The van der Waals surface area contributed by atoms with Crippen molar-refractivity contribution in [3.8, 4) is 22.7 Å². The van der Waals surface area contributed by atoms with Gasteiger partial charge in [0.05, 0.1) is 53.5 Å². The number of imidazole rings is 1. The molecule has 0 aliphatic carbocycles. The van der Waals surface area contributed by atoms with Gasteiger partial charge in [0.25, 0.3) is 0 Å². The minimum atomic E-state index is -1.02. The number of hydrazine groups is 1. The second-order valence-corrected chi connectivity index (χ2v) is 11.8. The topological polar surface area (TPSA) is 127 Å². The van der Waals surface area contributed by atoms with Crippen LogP contribution in [0.4, 0.5) is 14.9 Å². The molecule has 5 aromatic rings. The van der Waals surface area contributed by atoms with E-state index >= 15 is 4.39 Å². The number of hydrogen-bond acceptors (Lipinski definition) is 8. The average molecular weight is 604 g/mol. The zero-order chi connectivity index (χ0) is 31.5. The highest BCUT2D eigenvalue weighted by Gasteiger charge is 2.34. The van der Waals surface area contributed by atoms with Crippen LogP contribution in [0.25, 0.3) is 38.9 Å². The van der Waals surface area contributed by atoms with Gasteiger partial charge in [0.15, 0.2) is 11.6 Å². The third-order valence-corrected chi connectivity index (χ3v) is 7.96. The number of pyridine rings is 2. The van der Waals surface area contributed by atoms with Gasteiger partial charge < -0.3 is 14.7 Å². The maximum Gasteiger partial charge on any atom is 0.422 e. The normalized spacial score (nSPS) is 14.5. The van der Waals surface area contributed by atoms with Crippen LogP contribution in [-0.4, -0.2) is 88.9 Å². The molecule has 1 aromatic carbocycles. The number of aryl methyl sites for hydroxylation is 2. The summed E-state index contributed by atoms with van der Waals surface area (Å²) in [6.07, 6.45) is 5.69. The molecule has 0 atom stereocenters. The minimum Gasteiger partial charge on any atom is -0.496 e. The summed E-state index contributed by atoms with van der Waals surface area (Å²) in [7, 11) is 5.01. The van der Waals surface area contributed by atoms with Crippen LogP contribution < -0.4 is 15.3 Å². The quantitative estimate of drug-likeness (QED) is 0.320. The number of nitrogens with zero attached hydrogens (tertiary/aromatic N) is 9. The largest absolute Gasteiger partial charge is 0.496 e. The number of carboxylic acid groups (broad SMARTS) is 1. The first-order valence-electron chi connectivity index (χ1n) is 14.1. The van der Waals surface area contributed by atoms with Gasteiger partial charge in [-0.25, -0.2) is 33.5 Å². The highest BCUT2D eigenvalue weighted by atomic mass is 19.1. The predicted molar refractivity (Wildman–Crippen MR) is 164 cm³/mol. The Bertz CT molecular complexity index is 1970. The summed E-state index contributed by atoms with van der Waals surface area (Å²) < 4.78 is 26.0. The Labute approximate surface area is 252 Å². The van der Waals surface area contributed by atoms with E-state index in [1.807, 2.05) is 45.0 Å². The molecule has 1 aliphatic heterocycles. The molecule has 4 aromatic heterocycles. The molecular formula is C30H34FN9O4. The van der Waals surface area contributed by atoms with Gasteiger partial charge in [0.1, 0.15) is 5.75 Å². The Balaban J connectivity index is 1.40. The fraction of sp³-hybridized carbons (Fsp3) is 0.367. The van der Waals surface area contributed by atoms with Crippen molar-refractivity contribution in [2.75, 3.05) is 38.2 Å². The van der Waals surface area contributed by atoms with Crippen molar-refractivity contribution in [1.82, 2.24) is 38.9 Å². The summed E-state index contributed by atoms with van der Waals surface area (Å²) in [5.41, 5.74) is 2.62. The van der Waals surface area contributed by atoms with Crippen LogP contribution in [0.3, 0.4) is 0 Å². The second kappa shape index (κ2) is 10.6. The lowest BCUT2D eigenvalue weighted by Crippen LogP contribution is -2.61. The molecule has 0 spiro atoms. The standard InChI is InChI=1S/C30H34FN9O4/c1-30(2,3)40(29(42)43)38-9-7-37(8-10-38)19-11-22(31)27(33-15-19)39-26-21-12-20(18-14-34-35(4)17-18)25(44-6)13-23(21)32-16-24(26)36(5)28(39)41/h11-17H,7-10H2,1-6H3,(H,42,43). The first-order valence-corrected chi connectivity index (χ1v) is 14.1. The van der Waals surface area contributed by atoms with Crippen molar-refractivity contribution in [1.29, 1.82) is 0 Å². The number of benzene rings is 1. The molecule has 44 heavy (non-hydrogen) atoms. The van der Waals surface area contributed by atoms with Crippen LogP contribution in [0.15, 0.2) is 47.8 Å². The molecule has 6 rings (SSSR count). The first kappa shape index (κ1) is 29.1. The number of rotatable bonds is 5. The van der Waals surface area contributed by atoms with Crippen LogP contribution >= 0.6 is 0 Å². The van der Waals surface area contributed by atoms with Gasteiger partial charge >= 0.3 is 11.8 Å². The summed E-state index contributed by atoms with van der Waals surface area (Å²) in [6.45, 7) is 7.37. The van der Waals surface area contributed by atoms with Crippen LogP contribution in [-0.2, 0) is 14.1 Å². The Morgan fingerprint density at radius 3 is 2.36 bits per heavy atom. The summed E-state index contributed by atoms with van der Waals surface area (Å²) in [6, 6.07) is 5.03. The molecule has 0 bridgehead atoms. The molecular weight excluding hydrogens is 569 g/mol. The second-order valence-electron chi connectivity index (χ2n) is 11.8. The lowest BCUT2D eigenvalue weighted by molar-refractivity contribution is -0.0686. The maximum atomic E-state index is 15.9. The van der Waals surface area contributed by atoms with E-state index in [4.69, 9.17) is 4.74 Å². The third kappa shape index (κ3) is 4.80. The van der Waals surface area contributed by atoms with E-state index in [1.54, 1.807) is 48.5 Å². The van der Waals surface area contributed by atoms with Gasteiger partial charge in [-0.2, -0.15) is 5.10 Å². The Hall–Kier alpha value is -4.98. The van der Waals surface area contributed by atoms with Crippen LogP contribution in [0.5, 0.6) is 5.75 Å². The number of aromatic nitrogens is 6. The van der Waals surface area contributed by atoms with E-state index in [0.717, 1.165) is 11.1 Å². The van der Waals surface area contributed by atoms with E-state index in [1.165, 1.54) is 20.2 Å². The number of piperazine rings is 1. The van der Waals surface area contributed by atoms with E-state index in [0.29, 0.717) is 59.6 Å². The SMILES string of the molecule is COc1cc2ncc3c(c2cc1-c1cnn(C)c1)n(-c1ncc(N2CCN(N(C(=O)O)C(C)(C)C)CC2)cc1F)c(=O)n3C. The zero-order valence-electron chi connectivity index (χ0n) is 25.4. The molecule has 230 valence electrons. The molecule has 1 amide bonds. The van der Waals surface area contributed by atoms with Gasteiger partial charge in [0.2, 0.25) is 0 Å². The van der Waals surface area contributed by atoms with E-state index < -0.39 is 23.1 Å². The van der Waals surface area contributed by atoms with Crippen molar-refractivity contribution in [2.45, 2.75) is 26.3 Å². The Kier molecular flexibility index (Phi) is 7.03. The summed E-state index contributed by atoms with van der Waals surface area (Å²) >= 11 is 0. The van der Waals surface area contributed by atoms with Crippen molar-refractivity contribution in [2.24, 2.45) is 14.1 Å². The Morgan fingerprint density at radius 2 is 1.77 bits per heavy atom. The van der Waals surface area contributed by atoms with Crippen LogP contribution in [0, 0.1) is 5.82 Å². The van der Waals surface area contributed by atoms with Crippen molar-refractivity contribution in [3.63, 3.8) is 0 Å². The summed E-state index contributed by atoms with van der Waals surface area (Å²) in [5, 5.41) is 17.8. The fourth-order valence-corrected chi connectivity index (χ4v) is 5.92. The third-order valence-electron chi connectivity index (χ3n) is 7.96. The van der Waals surface area contributed by atoms with Gasteiger partial charge in [0, 0.05) is 75.1 Å². The van der Waals surface area contributed by atoms with Crippen LogP contribution in [0.1, 0.15) is 20.8 Å². The molecule has 0 saturated carbocycles. The fourth-order valence-electron chi connectivity index (χ4n) is 5.92. The minimum absolute atomic E-state index is 0.126. The van der Waals surface area contributed by atoms with E-state index in [-0.39, 0.29) is 5.82 Å². The molecule has 13 nitrogen and oxygen atoms in total. The molecule has 5 heterocycles. The predicted octanol–water partition coefficient (Wildman–Crippen LogP) is 3.64. The molecule has 1 fully saturated rings. The highest BCUT2D eigenvalue weighted by Crippen LogP contribution is 2.36. The van der Waals surface area contributed by atoms with E-state index in [9.17, 15) is 14.7 Å². The molecule has 14 heteroatoms. The monoisotopic (exact) mass is 603 g/mol. The Morgan fingerprint density at radius 1 is 1.05 bits per heavy atom. The summed E-state index contributed by atoms with van der Waals surface area (Å²) in [5.74, 6) is -0.198. The van der Waals surface area contributed by atoms with Gasteiger partial charge in [-0.3, -0.25) is 14.2 Å². The molecule has 1 N–H and O–H groups in total. The van der Waals surface area contributed by atoms with Crippen LogP contribution in [0.2, 0.25) is 0 Å². The number of halogens is 1. The van der Waals surface area contributed by atoms with Gasteiger partial charge in [-0.05, 0) is 26.8 Å². The number of amides is 1. The smallest absolute Gasteiger partial charge is 0.422 e. The van der Waals surface area contributed by atoms with Gasteiger partial charge in [-0.15, -0.1) is 0 Å². The number of ether oxygens (including phenoxy) is 1. The molecule has 0 unspecified atom stereocenters. The number of methoxy groups -OCH3 is 1. The first-order chi connectivity index (χ1) is 20.9. The number of carbonyl (C=O) groups is 1. The zero-order valence-corrected chi connectivity index (χ0v) is 25.4. The van der Waals surface area contributed by atoms with E-state index in [2.05, 4.69) is 15.1 Å². The average Bonchev–Trinajstić information content (AvgIpc) is 3.52. The lowest BCUT2D eigenvalue weighted by atomic mass is 10.0. The van der Waals surface area contributed by atoms with Crippen molar-refractivity contribution in [3.05, 3.63) is 59.3 Å². The van der Waals surface area contributed by atoms with Crippen molar-refractivity contribution >= 4 is 33.7 Å². The van der Waals surface area contributed by atoms with Gasteiger partial charge in [-0.1, -0.05) is 0 Å². The summed E-state index contributed by atoms with van der Waals surface area (Å²) in [4.78, 5) is 36.5. The van der Waals surface area contributed by atoms with Crippen molar-refractivity contribution < 1.29 is 19.0 Å².